The van der Waals surface area contributed by atoms with E-state index in [0.29, 0.717) is 12.5 Å². The second-order valence-electron chi connectivity index (χ2n) is 5.67. The van der Waals surface area contributed by atoms with E-state index in [2.05, 4.69) is 22.8 Å². The van der Waals surface area contributed by atoms with Crippen LogP contribution in [0.5, 0.6) is 0 Å². The summed E-state index contributed by atoms with van der Waals surface area (Å²) in [5.74, 6) is 0.709. The summed E-state index contributed by atoms with van der Waals surface area (Å²) >= 11 is 0. The molecule has 1 aliphatic rings. The zero-order valence-corrected chi connectivity index (χ0v) is 12.3. The molecular weight excluding hydrogens is 250 g/mol. The Morgan fingerprint density at radius 2 is 2.20 bits per heavy atom. The van der Waals surface area contributed by atoms with Gasteiger partial charge in [0.05, 0.1) is 6.54 Å². The van der Waals surface area contributed by atoms with Crippen LogP contribution in [0.1, 0.15) is 18.4 Å². The molecule has 1 amide bonds. The first-order chi connectivity index (χ1) is 9.74. The number of amides is 1. The van der Waals surface area contributed by atoms with E-state index in [4.69, 9.17) is 0 Å². The van der Waals surface area contributed by atoms with Crippen LogP contribution in [0, 0.1) is 5.92 Å². The van der Waals surface area contributed by atoms with Crippen LogP contribution in [-0.2, 0) is 11.3 Å². The lowest BCUT2D eigenvalue weighted by atomic mass is 10.00. The molecule has 1 saturated heterocycles. The lowest BCUT2D eigenvalue weighted by molar-refractivity contribution is -0.122. The van der Waals surface area contributed by atoms with Gasteiger partial charge in [-0.3, -0.25) is 9.69 Å². The largest absolute Gasteiger partial charge is 0.355 e. The molecule has 0 aliphatic carbocycles. The number of hydrogen-bond donors (Lipinski definition) is 2. The second-order valence-corrected chi connectivity index (χ2v) is 5.67. The van der Waals surface area contributed by atoms with Gasteiger partial charge in [0.15, 0.2) is 0 Å². The number of hydrogen-bond acceptors (Lipinski definition) is 3. The Kier molecular flexibility index (Phi) is 6.02. The van der Waals surface area contributed by atoms with Gasteiger partial charge in [0.1, 0.15) is 0 Å². The van der Waals surface area contributed by atoms with Crippen LogP contribution >= 0.6 is 0 Å². The molecule has 2 rings (SSSR count). The molecule has 0 aromatic heterocycles. The molecule has 20 heavy (non-hydrogen) atoms. The quantitative estimate of drug-likeness (QED) is 0.821. The van der Waals surface area contributed by atoms with Gasteiger partial charge < -0.3 is 10.6 Å². The van der Waals surface area contributed by atoms with E-state index >= 15 is 0 Å². The fourth-order valence-corrected chi connectivity index (χ4v) is 2.61. The molecule has 4 nitrogen and oxygen atoms in total. The van der Waals surface area contributed by atoms with Gasteiger partial charge in [-0.1, -0.05) is 30.3 Å². The topological polar surface area (TPSA) is 44.4 Å². The molecule has 1 aliphatic heterocycles. The maximum Gasteiger partial charge on any atom is 0.234 e. The van der Waals surface area contributed by atoms with E-state index in [1.807, 2.05) is 30.1 Å². The summed E-state index contributed by atoms with van der Waals surface area (Å²) in [4.78, 5) is 14.0. The number of carbonyl (C=O) groups is 1. The maximum absolute atomic E-state index is 11.9. The van der Waals surface area contributed by atoms with Crippen molar-refractivity contribution in [3.8, 4) is 0 Å². The number of likely N-dealkylation sites (N-methyl/N-ethyl adjacent to an activating group) is 1. The Balaban J connectivity index is 1.65. The summed E-state index contributed by atoms with van der Waals surface area (Å²) in [6.45, 7) is 4.20. The lowest BCUT2D eigenvalue weighted by Gasteiger charge is -2.23. The number of nitrogens with one attached hydrogen (secondary N) is 2. The Labute approximate surface area is 121 Å². The highest BCUT2D eigenvalue weighted by Gasteiger charge is 2.14. The van der Waals surface area contributed by atoms with Crippen LogP contribution in [0.25, 0.3) is 0 Å². The predicted octanol–water partition coefficient (Wildman–Crippen LogP) is 1.23. The summed E-state index contributed by atoms with van der Waals surface area (Å²) in [5, 5.41) is 6.42. The van der Waals surface area contributed by atoms with Gasteiger partial charge >= 0.3 is 0 Å². The summed E-state index contributed by atoms with van der Waals surface area (Å²) in [5.41, 5.74) is 1.24. The van der Waals surface area contributed by atoms with Gasteiger partial charge in [0, 0.05) is 13.1 Å². The van der Waals surface area contributed by atoms with Crippen molar-refractivity contribution in [2.45, 2.75) is 19.4 Å². The van der Waals surface area contributed by atoms with Crippen LogP contribution in [0.2, 0.25) is 0 Å². The van der Waals surface area contributed by atoms with Crippen molar-refractivity contribution in [1.29, 1.82) is 0 Å². The fourth-order valence-electron chi connectivity index (χ4n) is 2.61. The van der Waals surface area contributed by atoms with Crippen molar-refractivity contribution < 1.29 is 4.79 Å². The van der Waals surface area contributed by atoms with E-state index < -0.39 is 0 Å². The first-order valence-corrected chi connectivity index (χ1v) is 7.44. The van der Waals surface area contributed by atoms with Gasteiger partial charge in [-0.2, -0.15) is 0 Å². The molecule has 1 aromatic carbocycles. The predicted molar refractivity (Wildman–Crippen MR) is 81.4 cm³/mol. The molecule has 4 heteroatoms. The molecule has 1 atom stereocenters. The molecule has 110 valence electrons. The highest BCUT2D eigenvalue weighted by Crippen LogP contribution is 2.08. The minimum absolute atomic E-state index is 0.119. The zero-order valence-electron chi connectivity index (χ0n) is 12.3. The van der Waals surface area contributed by atoms with Crippen LogP contribution in [-0.4, -0.2) is 44.0 Å². The first kappa shape index (κ1) is 15.0. The number of nitrogens with zero attached hydrogens (tertiary/aromatic N) is 1. The van der Waals surface area contributed by atoms with Crippen molar-refractivity contribution in [1.82, 2.24) is 15.5 Å². The van der Waals surface area contributed by atoms with E-state index in [0.717, 1.165) is 26.2 Å². The summed E-state index contributed by atoms with van der Waals surface area (Å²) in [6, 6.07) is 10.2. The third kappa shape index (κ3) is 5.31. The van der Waals surface area contributed by atoms with E-state index in [1.54, 1.807) is 0 Å². The molecule has 0 spiro atoms. The molecule has 1 fully saturated rings. The molecule has 1 aromatic rings. The van der Waals surface area contributed by atoms with Crippen molar-refractivity contribution in [2.75, 3.05) is 33.2 Å². The monoisotopic (exact) mass is 275 g/mol. The van der Waals surface area contributed by atoms with Gasteiger partial charge in [0.2, 0.25) is 5.91 Å². The third-order valence-corrected chi connectivity index (χ3v) is 3.70. The second kappa shape index (κ2) is 8.02. The fraction of sp³-hybridized carbons (Fsp3) is 0.562. The molecule has 0 bridgehead atoms. The van der Waals surface area contributed by atoms with Gasteiger partial charge in [-0.15, -0.1) is 0 Å². The zero-order chi connectivity index (χ0) is 14.2. The lowest BCUT2D eigenvalue weighted by Crippen LogP contribution is -2.41. The average molecular weight is 275 g/mol. The van der Waals surface area contributed by atoms with E-state index in [1.165, 1.54) is 18.4 Å². The number of piperidine rings is 1. The van der Waals surface area contributed by atoms with Crippen molar-refractivity contribution >= 4 is 5.91 Å². The molecule has 2 N–H and O–H groups in total. The highest BCUT2D eigenvalue weighted by molar-refractivity contribution is 5.77. The molecule has 1 heterocycles. The Bertz CT molecular complexity index is 401. The smallest absolute Gasteiger partial charge is 0.234 e. The first-order valence-electron chi connectivity index (χ1n) is 7.44. The highest BCUT2D eigenvalue weighted by atomic mass is 16.2. The van der Waals surface area contributed by atoms with Crippen LogP contribution in [0.3, 0.4) is 0 Å². The minimum Gasteiger partial charge on any atom is -0.355 e. The normalized spacial score (nSPS) is 19.0. The van der Waals surface area contributed by atoms with Gasteiger partial charge in [-0.25, -0.2) is 0 Å². The Morgan fingerprint density at radius 3 is 2.90 bits per heavy atom. The van der Waals surface area contributed by atoms with E-state index in [9.17, 15) is 4.79 Å². The molecule has 0 radical (unpaired) electrons. The number of rotatable bonds is 6. The van der Waals surface area contributed by atoms with Crippen molar-refractivity contribution in [2.24, 2.45) is 5.92 Å². The number of carbonyl (C=O) groups excluding carboxylic acids is 1. The summed E-state index contributed by atoms with van der Waals surface area (Å²) in [7, 11) is 1.98. The SMILES string of the molecule is CN(CC(=O)NCC1CCCNC1)Cc1ccccc1. The van der Waals surface area contributed by atoms with Gasteiger partial charge in [-0.05, 0) is 44.5 Å². The number of benzene rings is 1. The minimum atomic E-state index is 0.119. The van der Waals surface area contributed by atoms with Crippen molar-refractivity contribution in [3.63, 3.8) is 0 Å². The van der Waals surface area contributed by atoms with Crippen LogP contribution in [0.4, 0.5) is 0 Å². The Hall–Kier alpha value is -1.39. The summed E-state index contributed by atoms with van der Waals surface area (Å²) < 4.78 is 0. The van der Waals surface area contributed by atoms with Crippen molar-refractivity contribution in [3.05, 3.63) is 35.9 Å². The average Bonchev–Trinajstić information content (AvgIpc) is 2.47. The van der Waals surface area contributed by atoms with Crippen LogP contribution < -0.4 is 10.6 Å². The Morgan fingerprint density at radius 1 is 1.40 bits per heavy atom. The molecular formula is C16H25N3O. The molecule has 1 unspecified atom stereocenters. The third-order valence-electron chi connectivity index (χ3n) is 3.70. The standard InChI is InChI=1S/C16H25N3O/c1-19(12-14-6-3-2-4-7-14)13-16(20)18-11-15-8-5-9-17-10-15/h2-4,6-7,15,17H,5,8-13H2,1H3,(H,18,20). The summed E-state index contributed by atoms with van der Waals surface area (Å²) in [6.07, 6.45) is 2.43. The van der Waals surface area contributed by atoms with Gasteiger partial charge in [0.25, 0.3) is 0 Å². The van der Waals surface area contributed by atoms with Crippen LogP contribution in [0.15, 0.2) is 30.3 Å². The molecule has 0 saturated carbocycles. The van der Waals surface area contributed by atoms with E-state index in [-0.39, 0.29) is 5.91 Å². The maximum atomic E-state index is 11.9.